The Labute approximate surface area is 121 Å². The van der Waals surface area contributed by atoms with Crippen molar-refractivity contribution in [2.75, 3.05) is 24.3 Å². The molecule has 0 radical (unpaired) electrons. The Balaban J connectivity index is 2.00. The van der Waals surface area contributed by atoms with Gasteiger partial charge >= 0.3 is 0 Å². The topological polar surface area (TPSA) is 55.4 Å². The highest BCUT2D eigenvalue weighted by Crippen LogP contribution is 2.22. The van der Waals surface area contributed by atoms with Crippen LogP contribution in [0.2, 0.25) is 0 Å². The number of sulfone groups is 1. The number of rotatable bonds is 5. The summed E-state index contributed by atoms with van der Waals surface area (Å²) in [5.74, 6) is 0.751. The molecule has 0 aliphatic carbocycles. The van der Waals surface area contributed by atoms with Gasteiger partial charge in [-0.15, -0.1) is 0 Å². The molecule has 1 fully saturated rings. The van der Waals surface area contributed by atoms with Gasteiger partial charge in [-0.05, 0) is 49.9 Å². The third kappa shape index (κ3) is 3.73. The highest BCUT2D eigenvalue weighted by atomic mass is 32.2. The van der Waals surface area contributed by atoms with E-state index in [1.807, 2.05) is 12.1 Å². The van der Waals surface area contributed by atoms with Crippen molar-refractivity contribution in [2.24, 2.45) is 5.92 Å². The Morgan fingerprint density at radius 2 is 1.85 bits per heavy atom. The quantitative estimate of drug-likeness (QED) is 0.908. The van der Waals surface area contributed by atoms with Crippen LogP contribution < -0.4 is 5.32 Å². The van der Waals surface area contributed by atoms with E-state index in [0.717, 1.165) is 31.7 Å². The summed E-state index contributed by atoms with van der Waals surface area (Å²) >= 11 is 0. The van der Waals surface area contributed by atoms with E-state index in [4.69, 9.17) is 4.74 Å². The molecule has 112 valence electrons. The Hall–Kier alpha value is -1.07. The first-order chi connectivity index (χ1) is 9.53. The summed E-state index contributed by atoms with van der Waals surface area (Å²) in [5, 5.41) is 3.46. The molecule has 0 aromatic heterocycles. The van der Waals surface area contributed by atoms with Crippen molar-refractivity contribution < 1.29 is 13.2 Å². The van der Waals surface area contributed by atoms with Crippen LogP contribution in [0.5, 0.6) is 0 Å². The average molecular weight is 297 g/mol. The number of benzene rings is 1. The number of ether oxygens (including phenoxy) is 1. The number of nitrogens with one attached hydrogen (secondary N) is 1. The molecule has 1 aromatic carbocycles. The summed E-state index contributed by atoms with van der Waals surface area (Å²) in [6, 6.07) is 7.42. The average Bonchev–Trinajstić information content (AvgIpc) is 2.48. The van der Waals surface area contributed by atoms with Crippen LogP contribution in [0, 0.1) is 5.92 Å². The van der Waals surface area contributed by atoms with Crippen molar-refractivity contribution in [3.05, 3.63) is 24.3 Å². The minimum absolute atomic E-state index is 0.137. The smallest absolute Gasteiger partial charge is 0.178 e. The van der Waals surface area contributed by atoms with Gasteiger partial charge in [0, 0.05) is 24.9 Å². The maximum Gasteiger partial charge on any atom is 0.178 e. The second-order valence-electron chi connectivity index (χ2n) is 5.31. The van der Waals surface area contributed by atoms with Gasteiger partial charge in [-0.25, -0.2) is 8.42 Å². The Morgan fingerprint density at radius 1 is 1.25 bits per heavy atom. The van der Waals surface area contributed by atoms with Crippen molar-refractivity contribution in [3.63, 3.8) is 0 Å². The molecule has 1 aliphatic heterocycles. The fourth-order valence-corrected chi connectivity index (χ4v) is 3.41. The van der Waals surface area contributed by atoms with Gasteiger partial charge in [-0.3, -0.25) is 0 Å². The SMILES string of the molecule is CCS(=O)(=O)c1ccc(NC(C)C2CCOCC2)cc1. The lowest BCUT2D eigenvalue weighted by Crippen LogP contribution is -2.30. The first-order valence-electron chi connectivity index (χ1n) is 7.20. The zero-order chi connectivity index (χ0) is 14.6. The first kappa shape index (κ1) is 15.3. The fraction of sp³-hybridized carbons (Fsp3) is 0.600. The van der Waals surface area contributed by atoms with Gasteiger partial charge in [-0.2, -0.15) is 0 Å². The standard InChI is InChI=1S/C15H23NO3S/c1-3-20(17,18)15-6-4-14(5-7-15)16-12(2)13-8-10-19-11-9-13/h4-7,12-13,16H,3,8-11H2,1-2H3. The lowest BCUT2D eigenvalue weighted by atomic mass is 9.93. The molecular weight excluding hydrogens is 274 g/mol. The number of hydrogen-bond donors (Lipinski definition) is 1. The third-order valence-electron chi connectivity index (χ3n) is 3.96. The second kappa shape index (κ2) is 6.59. The molecule has 1 saturated heterocycles. The van der Waals surface area contributed by atoms with E-state index in [1.165, 1.54) is 0 Å². The lowest BCUT2D eigenvalue weighted by Gasteiger charge is -2.29. The molecule has 0 saturated carbocycles. The van der Waals surface area contributed by atoms with Gasteiger partial charge < -0.3 is 10.1 Å². The molecule has 4 nitrogen and oxygen atoms in total. The molecule has 1 aliphatic rings. The summed E-state index contributed by atoms with van der Waals surface area (Å²) in [4.78, 5) is 0.393. The van der Waals surface area contributed by atoms with E-state index < -0.39 is 9.84 Å². The van der Waals surface area contributed by atoms with E-state index >= 15 is 0 Å². The predicted molar refractivity (Wildman–Crippen MR) is 80.8 cm³/mol. The molecular formula is C15H23NO3S. The summed E-state index contributed by atoms with van der Waals surface area (Å²) in [7, 11) is -3.11. The molecule has 0 amide bonds. The maximum atomic E-state index is 11.7. The Morgan fingerprint density at radius 3 is 2.40 bits per heavy atom. The van der Waals surface area contributed by atoms with Gasteiger partial charge in [-0.1, -0.05) is 6.92 Å². The highest BCUT2D eigenvalue weighted by molar-refractivity contribution is 7.91. The predicted octanol–water partition coefficient (Wildman–Crippen LogP) is 2.71. The first-order valence-corrected chi connectivity index (χ1v) is 8.85. The summed E-state index contributed by atoms with van der Waals surface area (Å²) < 4.78 is 28.9. The van der Waals surface area contributed by atoms with Crippen LogP contribution in [0.3, 0.4) is 0 Å². The zero-order valence-electron chi connectivity index (χ0n) is 12.1. The van der Waals surface area contributed by atoms with E-state index in [2.05, 4.69) is 12.2 Å². The van der Waals surface area contributed by atoms with Crippen LogP contribution in [0.1, 0.15) is 26.7 Å². The minimum Gasteiger partial charge on any atom is -0.382 e. The van der Waals surface area contributed by atoms with Crippen molar-refractivity contribution in [2.45, 2.75) is 37.6 Å². The number of anilines is 1. The van der Waals surface area contributed by atoms with Gasteiger partial charge in [0.2, 0.25) is 0 Å². The van der Waals surface area contributed by atoms with Crippen molar-refractivity contribution in [1.29, 1.82) is 0 Å². The van der Waals surface area contributed by atoms with Gasteiger partial charge in [0.05, 0.1) is 10.6 Å². The van der Waals surface area contributed by atoms with Crippen LogP contribution >= 0.6 is 0 Å². The lowest BCUT2D eigenvalue weighted by molar-refractivity contribution is 0.0622. The van der Waals surface area contributed by atoms with Crippen molar-refractivity contribution >= 4 is 15.5 Å². The normalized spacial score (nSPS) is 18.7. The molecule has 1 N–H and O–H groups in total. The van der Waals surface area contributed by atoms with E-state index in [-0.39, 0.29) is 5.75 Å². The molecule has 1 aromatic rings. The van der Waals surface area contributed by atoms with Crippen molar-refractivity contribution in [3.8, 4) is 0 Å². The Kier molecular flexibility index (Phi) is 5.05. The number of hydrogen-bond acceptors (Lipinski definition) is 4. The molecule has 0 bridgehead atoms. The van der Waals surface area contributed by atoms with Gasteiger partial charge in [0.15, 0.2) is 9.84 Å². The summed E-state index contributed by atoms with van der Waals surface area (Å²) in [6.45, 7) is 5.51. The third-order valence-corrected chi connectivity index (χ3v) is 5.71. The molecule has 20 heavy (non-hydrogen) atoms. The van der Waals surface area contributed by atoms with Crippen molar-refractivity contribution in [1.82, 2.24) is 0 Å². The van der Waals surface area contributed by atoms with E-state index in [0.29, 0.717) is 16.9 Å². The van der Waals surface area contributed by atoms with Crippen LogP contribution in [-0.4, -0.2) is 33.4 Å². The maximum absolute atomic E-state index is 11.7. The molecule has 2 rings (SSSR count). The molecule has 1 unspecified atom stereocenters. The van der Waals surface area contributed by atoms with Crippen LogP contribution in [0.15, 0.2) is 29.2 Å². The van der Waals surface area contributed by atoms with E-state index in [1.54, 1.807) is 19.1 Å². The second-order valence-corrected chi connectivity index (χ2v) is 7.59. The van der Waals surface area contributed by atoms with Crippen LogP contribution in [-0.2, 0) is 14.6 Å². The fourth-order valence-electron chi connectivity index (χ4n) is 2.52. The molecule has 0 spiro atoms. The minimum atomic E-state index is -3.11. The highest BCUT2D eigenvalue weighted by Gasteiger charge is 2.20. The van der Waals surface area contributed by atoms with Gasteiger partial charge in [0.1, 0.15) is 0 Å². The molecule has 1 heterocycles. The summed E-state index contributed by atoms with van der Waals surface area (Å²) in [6.07, 6.45) is 2.16. The zero-order valence-corrected chi connectivity index (χ0v) is 12.9. The van der Waals surface area contributed by atoms with Crippen LogP contribution in [0.25, 0.3) is 0 Å². The summed E-state index contributed by atoms with van der Waals surface area (Å²) in [5.41, 5.74) is 0.971. The monoisotopic (exact) mass is 297 g/mol. The largest absolute Gasteiger partial charge is 0.382 e. The van der Waals surface area contributed by atoms with E-state index in [9.17, 15) is 8.42 Å². The van der Waals surface area contributed by atoms with Crippen LogP contribution in [0.4, 0.5) is 5.69 Å². The van der Waals surface area contributed by atoms with Gasteiger partial charge in [0.25, 0.3) is 0 Å². The molecule has 1 atom stereocenters. The molecule has 5 heteroatoms. The Bertz CT molecular complexity index is 519.